The molecule has 2 aromatic heterocycles. The summed E-state index contributed by atoms with van der Waals surface area (Å²) in [5.41, 5.74) is -0.360. The molecule has 0 saturated heterocycles. The number of hydrogen-bond donors (Lipinski definition) is 2. The van der Waals surface area contributed by atoms with E-state index in [9.17, 15) is 22.8 Å². The summed E-state index contributed by atoms with van der Waals surface area (Å²) in [4.78, 5) is 25.2. The maximum atomic E-state index is 13.5. The quantitative estimate of drug-likeness (QED) is 0.165. The molecular weight excluding hydrogens is 579 g/mol. The molecule has 2 N–H and O–H groups in total. The predicted octanol–water partition coefficient (Wildman–Crippen LogP) is 5.29. The molecule has 0 aliphatic heterocycles. The number of hydrogen-bond acceptors (Lipinski definition) is 9. The number of benzene rings is 2. The zero-order chi connectivity index (χ0) is 29.4. The number of aryl methyl sites for hydroxylation is 1. The molecule has 0 bridgehead atoms. The topological polar surface area (TPSA) is 124 Å². The molecule has 2 aromatic carbocycles. The molecule has 0 unspecified atom stereocenters. The van der Waals surface area contributed by atoms with E-state index in [0.29, 0.717) is 28.1 Å². The third-order valence-electron chi connectivity index (χ3n) is 5.53. The minimum atomic E-state index is -4.57. The number of nitrogens with one attached hydrogen (secondary N) is 2. The van der Waals surface area contributed by atoms with E-state index in [-0.39, 0.29) is 29.0 Å². The molecule has 2 amide bonds. The standard InChI is InChI=1S/C26H26F3N7O3S2/c1-3-4-12-39-20-10-8-17(9-11-20)23(38)30-14-21-33-35-25(40-15-22(37)31-24-34-32-16(2)41-24)36(21)19-7-5-6-18(13-19)26(27,28)29/h5-11,13H,3-4,12,14-15H2,1-2H3,(H,30,38)(H,31,34,37). The van der Waals surface area contributed by atoms with E-state index in [1.165, 1.54) is 28.0 Å². The highest BCUT2D eigenvalue weighted by molar-refractivity contribution is 7.99. The average molecular weight is 606 g/mol. The van der Waals surface area contributed by atoms with Gasteiger partial charge in [-0.2, -0.15) is 13.2 Å². The van der Waals surface area contributed by atoms with Crippen molar-refractivity contribution < 1.29 is 27.5 Å². The second-order valence-corrected chi connectivity index (χ2v) is 10.8. The zero-order valence-electron chi connectivity index (χ0n) is 22.1. The van der Waals surface area contributed by atoms with Crippen molar-refractivity contribution in [3.8, 4) is 11.4 Å². The maximum absolute atomic E-state index is 13.5. The number of amides is 2. The van der Waals surface area contributed by atoms with Gasteiger partial charge in [0.2, 0.25) is 11.0 Å². The molecule has 0 spiro atoms. The van der Waals surface area contributed by atoms with Crippen LogP contribution in [0.2, 0.25) is 0 Å². The van der Waals surface area contributed by atoms with Crippen LogP contribution in [0.3, 0.4) is 0 Å². The lowest BCUT2D eigenvalue weighted by molar-refractivity contribution is -0.137. The summed E-state index contributed by atoms with van der Waals surface area (Å²) in [5.74, 6) is -0.105. The van der Waals surface area contributed by atoms with Gasteiger partial charge in [-0.15, -0.1) is 20.4 Å². The van der Waals surface area contributed by atoms with E-state index >= 15 is 0 Å². The van der Waals surface area contributed by atoms with E-state index in [4.69, 9.17) is 4.74 Å². The Kier molecular flexibility index (Phi) is 9.94. The number of nitrogens with zero attached hydrogens (tertiary/aromatic N) is 5. The summed E-state index contributed by atoms with van der Waals surface area (Å²) < 4.78 is 47.4. The lowest BCUT2D eigenvalue weighted by Gasteiger charge is -2.13. The van der Waals surface area contributed by atoms with E-state index in [1.807, 2.05) is 0 Å². The van der Waals surface area contributed by atoms with E-state index in [1.54, 1.807) is 31.2 Å². The van der Waals surface area contributed by atoms with E-state index < -0.39 is 23.6 Å². The maximum Gasteiger partial charge on any atom is 0.416 e. The van der Waals surface area contributed by atoms with Gasteiger partial charge in [-0.3, -0.25) is 19.5 Å². The van der Waals surface area contributed by atoms with Crippen LogP contribution in [0.1, 0.15) is 46.5 Å². The van der Waals surface area contributed by atoms with Gasteiger partial charge in [-0.1, -0.05) is 42.5 Å². The fraction of sp³-hybridized carbons (Fsp3) is 0.308. The number of rotatable bonds is 12. The SMILES string of the molecule is CCCCOc1ccc(C(=O)NCc2nnc(SCC(=O)Nc3nnc(C)s3)n2-c2cccc(C(F)(F)F)c2)cc1. The van der Waals surface area contributed by atoms with Gasteiger partial charge in [-0.25, -0.2) is 0 Å². The molecule has 4 aromatic rings. The van der Waals surface area contributed by atoms with Crippen molar-refractivity contribution >= 4 is 40.0 Å². The number of carbonyl (C=O) groups excluding carboxylic acids is 2. The largest absolute Gasteiger partial charge is 0.494 e. The highest BCUT2D eigenvalue weighted by atomic mass is 32.2. The lowest BCUT2D eigenvalue weighted by Crippen LogP contribution is -2.24. The van der Waals surface area contributed by atoms with Gasteiger partial charge in [0.15, 0.2) is 11.0 Å². The molecule has 15 heteroatoms. The first-order chi connectivity index (χ1) is 19.6. The van der Waals surface area contributed by atoms with Gasteiger partial charge in [0, 0.05) is 5.56 Å². The molecular formula is C26H26F3N7O3S2. The Balaban J connectivity index is 1.51. The first-order valence-corrected chi connectivity index (χ1v) is 14.3. The number of ether oxygens (including phenoxy) is 1. The Morgan fingerprint density at radius 1 is 1.07 bits per heavy atom. The number of anilines is 1. The third kappa shape index (κ3) is 8.27. The third-order valence-corrected chi connectivity index (χ3v) is 7.21. The number of carbonyl (C=O) groups is 2. The smallest absolute Gasteiger partial charge is 0.416 e. The molecule has 2 heterocycles. The number of alkyl halides is 3. The molecule has 4 rings (SSSR count). The van der Waals surface area contributed by atoms with Gasteiger partial charge in [0.25, 0.3) is 5.91 Å². The van der Waals surface area contributed by atoms with Crippen LogP contribution < -0.4 is 15.4 Å². The number of halogens is 3. The summed E-state index contributed by atoms with van der Waals surface area (Å²) in [6, 6.07) is 11.3. The van der Waals surface area contributed by atoms with Crippen molar-refractivity contribution in [3.63, 3.8) is 0 Å². The summed E-state index contributed by atoms with van der Waals surface area (Å²) in [5, 5.41) is 22.4. The van der Waals surface area contributed by atoms with Crippen molar-refractivity contribution in [2.45, 2.75) is 44.6 Å². The van der Waals surface area contributed by atoms with Crippen molar-refractivity contribution in [2.75, 3.05) is 17.7 Å². The second kappa shape index (κ2) is 13.6. The summed E-state index contributed by atoms with van der Waals surface area (Å²) in [6.45, 7) is 4.26. The van der Waals surface area contributed by atoms with Crippen LogP contribution in [0.25, 0.3) is 5.69 Å². The van der Waals surface area contributed by atoms with Gasteiger partial charge < -0.3 is 10.1 Å². The van der Waals surface area contributed by atoms with Crippen molar-refractivity contribution in [3.05, 3.63) is 70.5 Å². The predicted molar refractivity (Wildman–Crippen MR) is 148 cm³/mol. The number of unbranched alkanes of at least 4 members (excludes halogenated alkanes) is 1. The molecule has 0 radical (unpaired) electrons. The summed E-state index contributed by atoms with van der Waals surface area (Å²) in [6.07, 6.45) is -2.65. The van der Waals surface area contributed by atoms with Crippen LogP contribution in [-0.2, 0) is 17.5 Å². The normalized spacial score (nSPS) is 11.3. The van der Waals surface area contributed by atoms with Crippen LogP contribution in [0.15, 0.2) is 53.7 Å². The van der Waals surface area contributed by atoms with Crippen LogP contribution >= 0.6 is 23.1 Å². The van der Waals surface area contributed by atoms with Gasteiger partial charge in [0.05, 0.1) is 30.2 Å². The first kappa shape index (κ1) is 30.0. The summed E-state index contributed by atoms with van der Waals surface area (Å²) >= 11 is 2.18. The molecule has 0 fully saturated rings. The van der Waals surface area contributed by atoms with Crippen molar-refractivity contribution in [2.24, 2.45) is 0 Å². The van der Waals surface area contributed by atoms with E-state index in [2.05, 4.69) is 38.0 Å². The van der Waals surface area contributed by atoms with Gasteiger partial charge >= 0.3 is 6.18 Å². The number of aromatic nitrogens is 5. The van der Waals surface area contributed by atoms with E-state index in [0.717, 1.165) is 36.7 Å². The first-order valence-electron chi connectivity index (χ1n) is 12.5. The Morgan fingerprint density at radius 2 is 1.85 bits per heavy atom. The minimum Gasteiger partial charge on any atom is -0.494 e. The fourth-order valence-corrected chi connectivity index (χ4v) is 4.90. The molecule has 10 nitrogen and oxygen atoms in total. The molecule has 0 atom stereocenters. The zero-order valence-corrected chi connectivity index (χ0v) is 23.7. The number of thioether (sulfide) groups is 1. The molecule has 216 valence electrons. The monoisotopic (exact) mass is 605 g/mol. The summed E-state index contributed by atoms with van der Waals surface area (Å²) in [7, 11) is 0. The molecule has 0 aliphatic rings. The Hall–Kier alpha value is -3.98. The molecule has 0 saturated carbocycles. The highest BCUT2D eigenvalue weighted by Gasteiger charge is 2.31. The molecule has 41 heavy (non-hydrogen) atoms. The van der Waals surface area contributed by atoms with Crippen LogP contribution in [-0.4, -0.2) is 49.1 Å². The van der Waals surface area contributed by atoms with Crippen molar-refractivity contribution in [1.29, 1.82) is 0 Å². The minimum absolute atomic E-state index is 0.116. The van der Waals surface area contributed by atoms with Gasteiger partial charge in [-0.05, 0) is 55.8 Å². The second-order valence-electron chi connectivity index (χ2n) is 8.65. The Bertz CT molecular complexity index is 1490. The van der Waals surface area contributed by atoms with Gasteiger partial charge in [0.1, 0.15) is 10.8 Å². The Morgan fingerprint density at radius 3 is 2.54 bits per heavy atom. The van der Waals surface area contributed by atoms with Crippen molar-refractivity contribution in [1.82, 2.24) is 30.3 Å². The molecule has 0 aliphatic carbocycles. The van der Waals surface area contributed by atoms with Crippen LogP contribution in [0.5, 0.6) is 5.75 Å². The Labute approximate surface area is 241 Å². The average Bonchev–Trinajstić information content (AvgIpc) is 3.55. The van der Waals surface area contributed by atoms with Crippen LogP contribution in [0.4, 0.5) is 18.3 Å². The van der Waals surface area contributed by atoms with Crippen LogP contribution in [0, 0.1) is 6.92 Å². The fourth-order valence-electron chi connectivity index (χ4n) is 3.52. The lowest BCUT2D eigenvalue weighted by atomic mass is 10.2. The highest BCUT2D eigenvalue weighted by Crippen LogP contribution is 2.32.